The largest absolute Gasteiger partial charge is 0.497 e. The number of carbonyl (C=O) groups is 1. The second-order valence-electron chi connectivity index (χ2n) is 6.47. The second-order valence-corrected chi connectivity index (χ2v) is 6.47. The van der Waals surface area contributed by atoms with Gasteiger partial charge in [-0.3, -0.25) is 4.79 Å². The third-order valence-electron chi connectivity index (χ3n) is 4.71. The molecule has 0 aliphatic carbocycles. The molecule has 1 N–H and O–H groups in total. The molecule has 5 heteroatoms. The maximum absolute atomic E-state index is 12.2. The Morgan fingerprint density at radius 2 is 1.92 bits per heavy atom. The Kier molecular flexibility index (Phi) is 4.44. The smallest absolute Gasteiger partial charge is 0.228 e. The molecule has 1 aromatic heterocycles. The SMILES string of the molecule is COc1ccc(CC(=O)Nc2ccc(-c3cnc4n3CCC4)cc2)cc1. The van der Waals surface area contributed by atoms with E-state index < -0.39 is 0 Å². The number of amides is 1. The number of aryl methyl sites for hydroxylation is 1. The summed E-state index contributed by atoms with van der Waals surface area (Å²) in [6.45, 7) is 1.03. The van der Waals surface area contributed by atoms with Gasteiger partial charge in [-0.25, -0.2) is 4.98 Å². The van der Waals surface area contributed by atoms with Crippen LogP contribution in [0.25, 0.3) is 11.3 Å². The summed E-state index contributed by atoms with van der Waals surface area (Å²) >= 11 is 0. The van der Waals surface area contributed by atoms with Gasteiger partial charge in [-0.05, 0) is 41.8 Å². The number of fused-ring (bicyclic) bond motifs is 1. The summed E-state index contributed by atoms with van der Waals surface area (Å²) in [7, 11) is 1.63. The van der Waals surface area contributed by atoms with E-state index in [-0.39, 0.29) is 5.91 Å². The highest BCUT2D eigenvalue weighted by Gasteiger charge is 2.16. The van der Waals surface area contributed by atoms with Crippen molar-refractivity contribution in [3.05, 3.63) is 66.1 Å². The Hall–Kier alpha value is -3.08. The lowest BCUT2D eigenvalue weighted by molar-refractivity contribution is -0.115. The van der Waals surface area contributed by atoms with Gasteiger partial charge >= 0.3 is 0 Å². The van der Waals surface area contributed by atoms with Crippen molar-refractivity contribution in [2.24, 2.45) is 0 Å². The molecule has 2 heterocycles. The third-order valence-corrected chi connectivity index (χ3v) is 4.71. The van der Waals surface area contributed by atoms with Crippen LogP contribution in [0.5, 0.6) is 5.75 Å². The first kappa shape index (κ1) is 16.4. The molecule has 0 spiro atoms. The minimum Gasteiger partial charge on any atom is -0.497 e. The van der Waals surface area contributed by atoms with E-state index in [0.717, 1.165) is 53.5 Å². The zero-order valence-corrected chi connectivity index (χ0v) is 14.7. The number of rotatable bonds is 5. The quantitative estimate of drug-likeness (QED) is 0.766. The lowest BCUT2D eigenvalue weighted by atomic mass is 10.1. The number of hydrogen-bond donors (Lipinski definition) is 1. The topological polar surface area (TPSA) is 56.1 Å². The van der Waals surface area contributed by atoms with Gasteiger partial charge in [-0.2, -0.15) is 0 Å². The summed E-state index contributed by atoms with van der Waals surface area (Å²) < 4.78 is 7.41. The number of nitrogens with one attached hydrogen (secondary N) is 1. The number of hydrogen-bond acceptors (Lipinski definition) is 3. The Bertz CT molecular complexity index is 911. The highest BCUT2D eigenvalue weighted by atomic mass is 16.5. The highest BCUT2D eigenvalue weighted by Crippen LogP contribution is 2.26. The minimum atomic E-state index is -0.0341. The molecule has 0 fully saturated rings. The molecule has 1 aliphatic heterocycles. The molecule has 5 nitrogen and oxygen atoms in total. The van der Waals surface area contributed by atoms with Gasteiger partial charge in [0.2, 0.25) is 5.91 Å². The van der Waals surface area contributed by atoms with Crippen LogP contribution in [0.2, 0.25) is 0 Å². The molecule has 1 aliphatic rings. The zero-order chi connectivity index (χ0) is 17.9. The van der Waals surface area contributed by atoms with Crippen molar-refractivity contribution in [2.75, 3.05) is 12.4 Å². The third kappa shape index (κ3) is 3.33. The maximum atomic E-state index is 12.2. The number of aromatic nitrogens is 2. The van der Waals surface area contributed by atoms with E-state index in [0.29, 0.717) is 6.42 Å². The fourth-order valence-corrected chi connectivity index (χ4v) is 3.35. The van der Waals surface area contributed by atoms with Crippen LogP contribution in [0.3, 0.4) is 0 Å². The molecule has 0 radical (unpaired) electrons. The summed E-state index contributed by atoms with van der Waals surface area (Å²) in [6, 6.07) is 15.5. The average Bonchev–Trinajstić information content (AvgIpc) is 3.27. The van der Waals surface area contributed by atoms with Crippen LogP contribution in [0.1, 0.15) is 17.8 Å². The first-order chi connectivity index (χ1) is 12.7. The van der Waals surface area contributed by atoms with E-state index in [1.165, 1.54) is 0 Å². The molecule has 0 unspecified atom stereocenters. The van der Waals surface area contributed by atoms with Crippen LogP contribution in [-0.2, 0) is 24.2 Å². The average molecular weight is 347 g/mol. The molecule has 0 saturated heterocycles. The van der Waals surface area contributed by atoms with Gasteiger partial charge in [0.25, 0.3) is 0 Å². The zero-order valence-electron chi connectivity index (χ0n) is 14.7. The summed E-state index contributed by atoms with van der Waals surface area (Å²) in [4.78, 5) is 16.7. The van der Waals surface area contributed by atoms with Crippen molar-refractivity contribution in [3.63, 3.8) is 0 Å². The fourth-order valence-electron chi connectivity index (χ4n) is 3.35. The number of imidazole rings is 1. The molecule has 2 aromatic carbocycles. The molecule has 1 amide bonds. The van der Waals surface area contributed by atoms with Crippen LogP contribution < -0.4 is 10.1 Å². The van der Waals surface area contributed by atoms with Gasteiger partial charge in [0.05, 0.1) is 25.4 Å². The molecule has 3 aromatic rings. The lowest BCUT2D eigenvalue weighted by Crippen LogP contribution is -2.14. The predicted molar refractivity (Wildman–Crippen MR) is 101 cm³/mol. The minimum absolute atomic E-state index is 0.0341. The molecule has 4 rings (SSSR count). The molecule has 0 saturated carbocycles. The van der Waals surface area contributed by atoms with Crippen LogP contribution in [0, 0.1) is 0 Å². The Morgan fingerprint density at radius 1 is 1.15 bits per heavy atom. The summed E-state index contributed by atoms with van der Waals surface area (Å²) in [5.41, 5.74) is 4.02. The Labute approximate surface area is 152 Å². The summed E-state index contributed by atoms with van der Waals surface area (Å²) in [5.74, 6) is 1.92. The number of carbonyl (C=O) groups excluding carboxylic acids is 1. The Balaban J connectivity index is 1.41. The number of methoxy groups -OCH3 is 1. The monoisotopic (exact) mass is 347 g/mol. The van der Waals surface area contributed by atoms with E-state index in [1.54, 1.807) is 7.11 Å². The molecule has 0 bridgehead atoms. The second kappa shape index (κ2) is 7.04. The first-order valence-electron chi connectivity index (χ1n) is 8.80. The van der Waals surface area contributed by atoms with E-state index >= 15 is 0 Å². The van der Waals surface area contributed by atoms with E-state index in [9.17, 15) is 4.79 Å². The molecular formula is C21H21N3O2. The predicted octanol–water partition coefficient (Wildman–Crippen LogP) is 3.69. The van der Waals surface area contributed by atoms with E-state index in [4.69, 9.17) is 4.74 Å². The van der Waals surface area contributed by atoms with Crippen LogP contribution in [0.15, 0.2) is 54.7 Å². The van der Waals surface area contributed by atoms with Crippen LogP contribution in [-0.4, -0.2) is 22.6 Å². The van der Waals surface area contributed by atoms with Crippen LogP contribution >= 0.6 is 0 Å². The molecule has 0 atom stereocenters. The number of anilines is 1. The fraction of sp³-hybridized carbons (Fsp3) is 0.238. The highest BCUT2D eigenvalue weighted by molar-refractivity contribution is 5.92. The normalized spacial score (nSPS) is 12.7. The van der Waals surface area contributed by atoms with Gasteiger partial charge in [0.1, 0.15) is 11.6 Å². The molecule has 132 valence electrons. The van der Waals surface area contributed by atoms with Crippen molar-refractivity contribution in [3.8, 4) is 17.0 Å². The Morgan fingerprint density at radius 3 is 2.65 bits per heavy atom. The van der Waals surface area contributed by atoms with Gasteiger partial charge in [0.15, 0.2) is 0 Å². The molecule has 26 heavy (non-hydrogen) atoms. The number of benzene rings is 2. The van der Waals surface area contributed by atoms with Crippen molar-refractivity contribution in [1.82, 2.24) is 9.55 Å². The van der Waals surface area contributed by atoms with Crippen LogP contribution in [0.4, 0.5) is 5.69 Å². The maximum Gasteiger partial charge on any atom is 0.228 e. The van der Waals surface area contributed by atoms with Gasteiger partial charge in [-0.1, -0.05) is 24.3 Å². The summed E-state index contributed by atoms with van der Waals surface area (Å²) in [5, 5.41) is 2.95. The van der Waals surface area contributed by atoms with Gasteiger partial charge < -0.3 is 14.6 Å². The standard InChI is InChI=1S/C21H21N3O2/c1-26-18-10-4-15(5-11-18)13-21(25)23-17-8-6-16(7-9-17)19-14-22-20-3-2-12-24(19)20/h4-11,14H,2-3,12-13H2,1H3,(H,23,25). The number of nitrogens with zero attached hydrogens (tertiary/aromatic N) is 2. The lowest BCUT2D eigenvalue weighted by Gasteiger charge is -2.08. The van der Waals surface area contributed by atoms with Crippen molar-refractivity contribution in [1.29, 1.82) is 0 Å². The number of ether oxygens (including phenoxy) is 1. The van der Waals surface area contributed by atoms with Crippen molar-refractivity contribution >= 4 is 11.6 Å². The van der Waals surface area contributed by atoms with E-state index in [2.05, 4.69) is 14.9 Å². The van der Waals surface area contributed by atoms with E-state index in [1.807, 2.05) is 54.7 Å². The van der Waals surface area contributed by atoms with Crippen molar-refractivity contribution < 1.29 is 9.53 Å². The summed E-state index contributed by atoms with van der Waals surface area (Å²) in [6.07, 6.45) is 4.49. The van der Waals surface area contributed by atoms with Gasteiger partial charge in [0, 0.05) is 18.7 Å². The van der Waals surface area contributed by atoms with Crippen molar-refractivity contribution in [2.45, 2.75) is 25.8 Å². The molecular weight excluding hydrogens is 326 g/mol. The first-order valence-corrected chi connectivity index (χ1v) is 8.80. The van der Waals surface area contributed by atoms with Gasteiger partial charge in [-0.15, -0.1) is 0 Å².